The number of rotatable bonds is 2. The standard InChI is InChI=1S/C16H16F2N4O/c17-13-9-12(10-20-15(13)18)21-16(23)22-7-4-11(5-8-22)14-3-1-2-6-19-14/h1-3,6,9-11H,4-5,7-8H2,(H,21,23). The number of urea groups is 1. The van der Waals surface area contributed by atoms with Gasteiger partial charge in [-0.15, -0.1) is 0 Å². The number of piperidine rings is 1. The molecule has 0 spiro atoms. The van der Waals surface area contributed by atoms with Gasteiger partial charge in [0.1, 0.15) is 0 Å². The number of carbonyl (C=O) groups excluding carboxylic acids is 1. The van der Waals surface area contributed by atoms with Gasteiger partial charge in [0.15, 0.2) is 5.82 Å². The SMILES string of the molecule is O=C(Nc1cnc(F)c(F)c1)N1CCC(c2ccccn2)CC1. The van der Waals surface area contributed by atoms with Crippen molar-refractivity contribution in [1.29, 1.82) is 0 Å². The van der Waals surface area contributed by atoms with Gasteiger partial charge < -0.3 is 10.2 Å². The van der Waals surface area contributed by atoms with Gasteiger partial charge in [0.25, 0.3) is 0 Å². The number of carbonyl (C=O) groups is 1. The lowest BCUT2D eigenvalue weighted by atomic mass is 9.93. The fourth-order valence-electron chi connectivity index (χ4n) is 2.69. The molecule has 0 unspecified atom stereocenters. The second-order valence-electron chi connectivity index (χ2n) is 5.44. The first kappa shape index (κ1) is 15.3. The van der Waals surface area contributed by atoms with Crippen LogP contribution in [0, 0.1) is 11.8 Å². The summed E-state index contributed by atoms with van der Waals surface area (Å²) in [6, 6.07) is 6.41. The van der Waals surface area contributed by atoms with Gasteiger partial charge in [-0.1, -0.05) is 6.07 Å². The van der Waals surface area contributed by atoms with E-state index < -0.39 is 11.8 Å². The van der Waals surface area contributed by atoms with Crippen molar-refractivity contribution in [1.82, 2.24) is 14.9 Å². The Morgan fingerprint density at radius 1 is 1.22 bits per heavy atom. The molecule has 0 saturated carbocycles. The minimum absolute atomic E-state index is 0.140. The molecule has 23 heavy (non-hydrogen) atoms. The summed E-state index contributed by atoms with van der Waals surface area (Å²) in [5.41, 5.74) is 1.18. The molecule has 1 fully saturated rings. The summed E-state index contributed by atoms with van der Waals surface area (Å²) in [6.45, 7) is 1.17. The minimum Gasteiger partial charge on any atom is -0.324 e. The molecule has 1 aliphatic heterocycles. The number of amides is 2. The molecule has 2 aromatic heterocycles. The van der Waals surface area contributed by atoms with E-state index in [0.717, 1.165) is 30.8 Å². The summed E-state index contributed by atoms with van der Waals surface area (Å²) in [7, 11) is 0. The number of hydrogen-bond donors (Lipinski definition) is 1. The number of pyridine rings is 2. The van der Waals surface area contributed by atoms with Crippen LogP contribution in [0.1, 0.15) is 24.5 Å². The van der Waals surface area contributed by atoms with E-state index in [1.165, 1.54) is 0 Å². The van der Waals surface area contributed by atoms with Gasteiger partial charge in [-0.25, -0.2) is 14.2 Å². The summed E-state index contributed by atoms with van der Waals surface area (Å²) in [5.74, 6) is -1.93. The van der Waals surface area contributed by atoms with Crippen LogP contribution < -0.4 is 5.32 Å². The summed E-state index contributed by atoms with van der Waals surface area (Å²) >= 11 is 0. The van der Waals surface area contributed by atoms with Gasteiger partial charge in [0, 0.05) is 37.0 Å². The second kappa shape index (κ2) is 6.68. The molecule has 2 aromatic rings. The molecule has 0 bridgehead atoms. The predicted molar refractivity (Wildman–Crippen MR) is 81.0 cm³/mol. The van der Waals surface area contributed by atoms with E-state index in [0.29, 0.717) is 19.0 Å². The van der Waals surface area contributed by atoms with Gasteiger partial charge in [0.05, 0.1) is 11.9 Å². The summed E-state index contributed by atoms with van der Waals surface area (Å²) < 4.78 is 25.9. The van der Waals surface area contributed by atoms with Gasteiger partial charge in [-0.3, -0.25) is 4.98 Å². The molecule has 120 valence electrons. The highest BCUT2D eigenvalue weighted by molar-refractivity contribution is 5.89. The number of nitrogens with zero attached hydrogens (tertiary/aromatic N) is 3. The highest BCUT2D eigenvalue weighted by Crippen LogP contribution is 2.26. The van der Waals surface area contributed by atoms with E-state index in [4.69, 9.17) is 0 Å². The molecular weight excluding hydrogens is 302 g/mol. The van der Waals surface area contributed by atoms with E-state index in [1.807, 2.05) is 18.2 Å². The van der Waals surface area contributed by atoms with Crippen LogP contribution in [0.3, 0.4) is 0 Å². The first-order valence-corrected chi connectivity index (χ1v) is 7.41. The third-order valence-corrected chi connectivity index (χ3v) is 3.94. The van der Waals surface area contributed by atoms with Crippen molar-refractivity contribution in [2.45, 2.75) is 18.8 Å². The number of halogens is 2. The fraction of sp³-hybridized carbons (Fsp3) is 0.312. The molecule has 0 aliphatic carbocycles. The summed E-state index contributed by atoms with van der Waals surface area (Å²) in [6.07, 6.45) is 4.50. The molecule has 3 heterocycles. The van der Waals surface area contributed by atoms with Crippen LogP contribution in [-0.4, -0.2) is 34.0 Å². The Hall–Kier alpha value is -2.57. The van der Waals surface area contributed by atoms with Crippen LogP contribution in [0.25, 0.3) is 0 Å². The number of likely N-dealkylation sites (tertiary alicyclic amines) is 1. The van der Waals surface area contributed by atoms with Crippen LogP contribution in [0.15, 0.2) is 36.7 Å². The van der Waals surface area contributed by atoms with Crippen LogP contribution in [-0.2, 0) is 0 Å². The van der Waals surface area contributed by atoms with Gasteiger partial charge in [-0.2, -0.15) is 4.39 Å². The lowest BCUT2D eigenvalue weighted by Gasteiger charge is -2.31. The molecule has 2 amide bonds. The van der Waals surface area contributed by atoms with E-state index in [-0.39, 0.29) is 11.7 Å². The number of anilines is 1. The highest BCUT2D eigenvalue weighted by Gasteiger charge is 2.24. The third-order valence-electron chi connectivity index (χ3n) is 3.94. The zero-order valence-corrected chi connectivity index (χ0v) is 12.4. The van der Waals surface area contributed by atoms with E-state index in [1.54, 1.807) is 11.1 Å². The van der Waals surface area contributed by atoms with Crippen LogP contribution >= 0.6 is 0 Å². The molecule has 1 aliphatic rings. The zero-order valence-electron chi connectivity index (χ0n) is 12.4. The first-order valence-electron chi connectivity index (χ1n) is 7.41. The molecule has 0 atom stereocenters. The quantitative estimate of drug-likeness (QED) is 0.865. The van der Waals surface area contributed by atoms with Crippen molar-refractivity contribution in [2.24, 2.45) is 0 Å². The Labute approximate surface area is 132 Å². The highest BCUT2D eigenvalue weighted by atomic mass is 19.2. The van der Waals surface area contributed by atoms with Crippen molar-refractivity contribution in [3.8, 4) is 0 Å². The maximum atomic E-state index is 13.1. The van der Waals surface area contributed by atoms with Gasteiger partial charge in [0.2, 0.25) is 5.95 Å². The van der Waals surface area contributed by atoms with Crippen molar-refractivity contribution >= 4 is 11.7 Å². The van der Waals surface area contributed by atoms with Crippen molar-refractivity contribution < 1.29 is 13.6 Å². The maximum Gasteiger partial charge on any atom is 0.321 e. The largest absolute Gasteiger partial charge is 0.324 e. The molecule has 5 nitrogen and oxygen atoms in total. The Morgan fingerprint density at radius 3 is 2.65 bits per heavy atom. The minimum atomic E-state index is -1.18. The molecule has 0 aromatic carbocycles. The lowest BCUT2D eigenvalue weighted by Crippen LogP contribution is -2.40. The number of nitrogens with one attached hydrogen (secondary N) is 1. The Bertz CT molecular complexity index is 688. The van der Waals surface area contributed by atoms with Gasteiger partial charge in [-0.05, 0) is 25.0 Å². The monoisotopic (exact) mass is 318 g/mol. The van der Waals surface area contributed by atoms with Crippen molar-refractivity contribution in [2.75, 3.05) is 18.4 Å². The Morgan fingerprint density at radius 2 is 2.00 bits per heavy atom. The smallest absolute Gasteiger partial charge is 0.321 e. The summed E-state index contributed by atoms with van der Waals surface area (Å²) in [5, 5.41) is 2.54. The zero-order chi connectivity index (χ0) is 16.2. The second-order valence-corrected chi connectivity index (χ2v) is 5.44. The summed E-state index contributed by atoms with van der Waals surface area (Å²) in [4.78, 5) is 21.4. The fourth-order valence-corrected chi connectivity index (χ4v) is 2.69. The first-order chi connectivity index (χ1) is 11.1. The average molecular weight is 318 g/mol. The predicted octanol–water partition coefficient (Wildman–Crippen LogP) is 3.17. The number of aromatic nitrogens is 2. The molecular formula is C16H16F2N4O. The van der Waals surface area contributed by atoms with Crippen LogP contribution in [0.5, 0.6) is 0 Å². The van der Waals surface area contributed by atoms with E-state index in [2.05, 4.69) is 15.3 Å². The lowest BCUT2D eigenvalue weighted by molar-refractivity contribution is 0.194. The van der Waals surface area contributed by atoms with E-state index >= 15 is 0 Å². The Balaban J connectivity index is 1.57. The van der Waals surface area contributed by atoms with Crippen LogP contribution in [0.4, 0.5) is 19.3 Å². The third kappa shape index (κ3) is 3.61. The molecule has 7 heteroatoms. The average Bonchev–Trinajstić information content (AvgIpc) is 2.59. The number of hydrogen-bond acceptors (Lipinski definition) is 3. The van der Waals surface area contributed by atoms with Crippen LogP contribution in [0.2, 0.25) is 0 Å². The molecule has 1 N–H and O–H groups in total. The van der Waals surface area contributed by atoms with Gasteiger partial charge >= 0.3 is 6.03 Å². The molecule has 1 saturated heterocycles. The molecule has 3 rings (SSSR count). The normalized spacial score (nSPS) is 15.5. The van der Waals surface area contributed by atoms with Crippen molar-refractivity contribution in [3.63, 3.8) is 0 Å². The maximum absolute atomic E-state index is 13.1. The van der Waals surface area contributed by atoms with Crippen molar-refractivity contribution in [3.05, 3.63) is 54.1 Å². The Kier molecular flexibility index (Phi) is 4.45. The topological polar surface area (TPSA) is 58.1 Å². The molecule has 0 radical (unpaired) electrons. The van der Waals surface area contributed by atoms with E-state index in [9.17, 15) is 13.6 Å².